The van der Waals surface area contributed by atoms with Crippen molar-refractivity contribution in [2.24, 2.45) is 11.3 Å². The summed E-state index contributed by atoms with van der Waals surface area (Å²) in [5.41, 5.74) is 2.41. The number of pyridine rings is 1. The molecule has 1 fully saturated rings. The molecule has 0 aliphatic heterocycles. The van der Waals surface area contributed by atoms with Crippen LogP contribution in [0.3, 0.4) is 0 Å². The molecule has 1 amide bonds. The molecule has 2 heterocycles. The topological polar surface area (TPSA) is 70.7 Å². The predicted molar refractivity (Wildman–Crippen MR) is 94.1 cm³/mol. The van der Waals surface area contributed by atoms with Crippen molar-refractivity contribution in [3.8, 4) is 0 Å². The first-order chi connectivity index (χ1) is 11.4. The summed E-state index contributed by atoms with van der Waals surface area (Å²) in [4.78, 5) is 24.5. The number of amides is 1. The van der Waals surface area contributed by atoms with Crippen molar-refractivity contribution in [1.82, 2.24) is 20.3 Å². The molecule has 0 bridgehead atoms. The zero-order chi connectivity index (χ0) is 16.9. The van der Waals surface area contributed by atoms with Crippen molar-refractivity contribution < 1.29 is 4.79 Å². The highest BCUT2D eigenvalue weighted by molar-refractivity contribution is 5.85. The summed E-state index contributed by atoms with van der Waals surface area (Å²) < 4.78 is 0. The maximum absolute atomic E-state index is 12.5. The summed E-state index contributed by atoms with van der Waals surface area (Å²) in [5.74, 6) is 1.33. The molecular weight excluding hydrogens is 300 g/mol. The Bertz CT molecular complexity index is 843. The van der Waals surface area contributed by atoms with E-state index in [1.54, 1.807) is 12.4 Å². The monoisotopic (exact) mass is 322 g/mol. The summed E-state index contributed by atoms with van der Waals surface area (Å²) in [7, 11) is 0. The predicted octanol–water partition coefficient (Wildman–Crippen LogP) is 3.22. The molecule has 2 aromatic heterocycles. The standard InChI is InChI=1S/C19H22N4O/c1-4-18(2,3)17(24)23-19-7-5-12(9-13(19)10-19)16-21-14-6-8-20-11-15(14)22-16/h5-9,11,13H,4,10H2,1-3H3,(H,21,22)(H,23,24). The SMILES string of the molecule is CCC(C)(C)C(=O)NC12C=CC(c3nc4ccncc4[nH]3)=CC1C2. The fraction of sp³-hybridized carbons (Fsp3) is 0.421. The summed E-state index contributed by atoms with van der Waals surface area (Å²) in [5, 5.41) is 3.25. The third kappa shape index (κ3) is 2.35. The van der Waals surface area contributed by atoms with Crippen LogP contribution in [0.1, 0.15) is 39.4 Å². The summed E-state index contributed by atoms with van der Waals surface area (Å²) >= 11 is 0. The van der Waals surface area contributed by atoms with E-state index in [1.165, 1.54) is 0 Å². The van der Waals surface area contributed by atoms with Gasteiger partial charge in [-0.2, -0.15) is 0 Å². The van der Waals surface area contributed by atoms with Crippen molar-refractivity contribution in [1.29, 1.82) is 0 Å². The van der Waals surface area contributed by atoms with Crippen LogP contribution >= 0.6 is 0 Å². The molecule has 0 radical (unpaired) electrons. The van der Waals surface area contributed by atoms with Gasteiger partial charge in [0.25, 0.3) is 0 Å². The number of nitrogens with one attached hydrogen (secondary N) is 2. The van der Waals surface area contributed by atoms with E-state index in [4.69, 9.17) is 0 Å². The number of aromatic nitrogens is 3. The Kier molecular flexibility index (Phi) is 3.17. The molecule has 2 aliphatic carbocycles. The van der Waals surface area contributed by atoms with E-state index < -0.39 is 0 Å². The van der Waals surface area contributed by atoms with Crippen LogP contribution in [0.15, 0.2) is 36.7 Å². The largest absolute Gasteiger partial charge is 0.346 e. The van der Waals surface area contributed by atoms with E-state index in [9.17, 15) is 4.79 Å². The van der Waals surface area contributed by atoms with Crippen LogP contribution in [-0.4, -0.2) is 26.4 Å². The Labute approximate surface area is 141 Å². The Morgan fingerprint density at radius 1 is 1.50 bits per heavy atom. The van der Waals surface area contributed by atoms with Gasteiger partial charge in [-0.15, -0.1) is 0 Å². The normalized spacial score (nSPS) is 25.3. The molecule has 124 valence electrons. The van der Waals surface area contributed by atoms with E-state index >= 15 is 0 Å². The van der Waals surface area contributed by atoms with Gasteiger partial charge >= 0.3 is 0 Å². The first-order valence-electron chi connectivity index (χ1n) is 8.47. The highest BCUT2D eigenvalue weighted by Gasteiger charge is 2.54. The first kappa shape index (κ1) is 15.1. The molecular formula is C19H22N4O. The molecule has 2 N–H and O–H groups in total. The van der Waals surface area contributed by atoms with Crippen molar-refractivity contribution in [3.05, 3.63) is 42.5 Å². The van der Waals surface area contributed by atoms with Gasteiger partial charge in [-0.05, 0) is 18.9 Å². The third-order valence-corrected chi connectivity index (χ3v) is 5.40. The number of fused-ring (bicyclic) bond motifs is 2. The molecule has 0 aromatic carbocycles. The lowest BCUT2D eigenvalue weighted by Gasteiger charge is -2.26. The van der Waals surface area contributed by atoms with E-state index in [-0.39, 0.29) is 16.9 Å². The van der Waals surface area contributed by atoms with Gasteiger partial charge in [0.15, 0.2) is 0 Å². The first-order valence-corrected chi connectivity index (χ1v) is 8.47. The molecule has 5 heteroatoms. The molecule has 4 rings (SSSR count). The molecule has 5 nitrogen and oxygen atoms in total. The number of hydrogen-bond donors (Lipinski definition) is 2. The van der Waals surface area contributed by atoms with Gasteiger partial charge in [0.1, 0.15) is 5.82 Å². The Morgan fingerprint density at radius 2 is 2.33 bits per heavy atom. The summed E-state index contributed by atoms with van der Waals surface area (Å²) in [6, 6.07) is 1.90. The van der Waals surface area contributed by atoms with Gasteiger partial charge in [-0.25, -0.2) is 4.98 Å². The molecule has 0 saturated heterocycles. The molecule has 2 aliphatic rings. The van der Waals surface area contributed by atoms with Crippen LogP contribution < -0.4 is 5.32 Å². The second-order valence-electron chi connectivity index (χ2n) is 7.48. The minimum atomic E-state index is -0.328. The number of nitrogens with zero attached hydrogens (tertiary/aromatic N) is 2. The lowest BCUT2D eigenvalue weighted by Crippen LogP contribution is -2.44. The number of rotatable bonds is 4. The van der Waals surface area contributed by atoms with E-state index in [0.29, 0.717) is 5.92 Å². The number of imidazole rings is 1. The second-order valence-corrected chi connectivity index (χ2v) is 7.48. The Balaban J connectivity index is 1.54. The second kappa shape index (κ2) is 5.03. The molecule has 2 aromatic rings. The van der Waals surface area contributed by atoms with Gasteiger partial charge in [0, 0.05) is 23.1 Å². The average molecular weight is 322 g/mol. The lowest BCUT2D eigenvalue weighted by atomic mass is 9.88. The number of carbonyl (C=O) groups is 1. The van der Waals surface area contributed by atoms with Gasteiger partial charge < -0.3 is 10.3 Å². The number of allylic oxidation sites excluding steroid dienone is 2. The fourth-order valence-electron chi connectivity index (χ4n) is 3.09. The molecule has 1 saturated carbocycles. The van der Waals surface area contributed by atoms with Crippen LogP contribution in [-0.2, 0) is 4.79 Å². The average Bonchev–Trinajstić information content (AvgIpc) is 3.11. The summed E-state index contributed by atoms with van der Waals surface area (Å²) in [6.45, 7) is 6.03. The van der Waals surface area contributed by atoms with Crippen LogP contribution in [0.5, 0.6) is 0 Å². The lowest BCUT2D eigenvalue weighted by molar-refractivity contribution is -0.130. The number of carbonyl (C=O) groups excluding carboxylic acids is 1. The summed E-state index contributed by atoms with van der Waals surface area (Å²) in [6.07, 6.45) is 11.7. The van der Waals surface area contributed by atoms with Crippen LogP contribution in [0.4, 0.5) is 0 Å². The van der Waals surface area contributed by atoms with Gasteiger partial charge in [0.2, 0.25) is 5.91 Å². The smallest absolute Gasteiger partial charge is 0.226 e. The van der Waals surface area contributed by atoms with Gasteiger partial charge in [0.05, 0.1) is 22.8 Å². The van der Waals surface area contributed by atoms with Crippen molar-refractivity contribution in [2.45, 2.75) is 39.2 Å². The van der Waals surface area contributed by atoms with Crippen molar-refractivity contribution >= 4 is 22.5 Å². The van der Waals surface area contributed by atoms with E-state index in [0.717, 1.165) is 35.3 Å². The zero-order valence-electron chi connectivity index (χ0n) is 14.3. The quantitative estimate of drug-likeness (QED) is 0.908. The Hall–Kier alpha value is -2.43. The van der Waals surface area contributed by atoms with E-state index in [1.807, 2.05) is 26.8 Å². The third-order valence-electron chi connectivity index (χ3n) is 5.40. The van der Waals surface area contributed by atoms with Gasteiger partial charge in [-0.3, -0.25) is 9.78 Å². The fourth-order valence-corrected chi connectivity index (χ4v) is 3.09. The number of aromatic amines is 1. The molecule has 24 heavy (non-hydrogen) atoms. The van der Waals surface area contributed by atoms with Crippen molar-refractivity contribution in [3.63, 3.8) is 0 Å². The molecule has 2 atom stereocenters. The van der Waals surface area contributed by atoms with Crippen LogP contribution in [0.2, 0.25) is 0 Å². The number of hydrogen-bond acceptors (Lipinski definition) is 3. The maximum Gasteiger partial charge on any atom is 0.226 e. The molecule has 2 unspecified atom stereocenters. The number of H-pyrrole nitrogens is 1. The molecule has 0 spiro atoms. The van der Waals surface area contributed by atoms with Gasteiger partial charge in [-0.1, -0.05) is 39.0 Å². The van der Waals surface area contributed by atoms with Crippen LogP contribution in [0, 0.1) is 11.3 Å². The minimum Gasteiger partial charge on any atom is -0.346 e. The van der Waals surface area contributed by atoms with E-state index in [2.05, 4.69) is 38.5 Å². The highest BCUT2D eigenvalue weighted by Crippen LogP contribution is 2.50. The Morgan fingerprint density at radius 3 is 3.04 bits per heavy atom. The highest BCUT2D eigenvalue weighted by atomic mass is 16.2. The minimum absolute atomic E-state index is 0.129. The maximum atomic E-state index is 12.5. The van der Waals surface area contributed by atoms with Crippen LogP contribution in [0.25, 0.3) is 16.6 Å². The van der Waals surface area contributed by atoms with Crippen molar-refractivity contribution in [2.75, 3.05) is 0 Å². The zero-order valence-corrected chi connectivity index (χ0v) is 14.3.